The lowest BCUT2D eigenvalue weighted by Gasteiger charge is -2.21. The molecule has 1 aromatic rings. The Kier molecular flexibility index (Phi) is 4.56. The smallest absolute Gasteiger partial charge is 0.391 e. The number of aliphatic hydroxyl groups is 1. The van der Waals surface area contributed by atoms with Gasteiger partial charge in [-0.15, -0.1) is 0 Å². The van der Waals surface area contributed by atoms with Crippen LogP contribution in [-0.4, -0.2) is 37.5 Å². The summed E-state index contributed by atoms with van der Waals surface area (Å²) in [5, 5.41) is 9.81. The predicted molar refractivity (Wildman–Crippen MR) is 74.7 cm³/mol. The molecule has 1 saturated carbocycles. The van der Waals surface area contributed by atoms with Crippen molar-refractivity contribution in [1.29, 1.82) is 0 Å². The summed E-state index contributed by atoms with van der Waals surface area (Å²) in [6.07, 6.45) is -3.70. The molecule has 0 radical (unpaired) electrons. The third-order valence-corrected chi connectivity index (χ3v) is 5.65. The largest absolute Gasteiger partial charge is 0.416 e. The van der Waals surface area contributed by atoms with Crippen molar-refractivity contribution in [1.82, 2.24) is 4.31 Å². The van der Waals surface area contributed by atoms with Crippen LogP contribution in [-0.2, 0) is 16.2 Å². The third kappa shape index (κ3) is 3.61. The van der Waals surface area contributed by atoms with Gasteiger partial charge in [0, 0.05) is 13.6 Å². The first kappa shape index (κ1) is 17.2. The first-order valence-corrected chi connectivity index (χ1v) is 8.29. The number of aliphatic hydroxyl groups excluding tert-OH is 1. The van der Waals surface area contributed by atoms with Crippen LogP contribution in [0.3, 0.4) is 0 Å². The average molecular weight is 337 g/mol. The van der Waals surface area contributed by atoms with Gasteiger partial charge in [-0.05, 0) is 43.4 Å². The molecule has 0 amide bonds. The van der Waals surface area contributed by atoms with Crippen molar-refractivity contribution in [2.45, 2.75) is 36.9 Å². The predicted octanol–water partition coefficient (Wildman–Crippen LogP) is 2.41. The van der Waals surface area contributed by atoms with E-state index in [0.717, 1.165) is 29.3 Å². The Bertz CT molecular complexity index is 654. The number of likely N-dealkylation sites (N-methyl/N-ethyl adjacent to an activating group) is 1. The third-order valence-electron chi connectivity index (χ3n) is 3.83. The van der Waals surface area contributed by atoms with E-state index in [1.807, 2.05) is 0 Å². The number of aryl methyl sites for hydroxylation is 1. The topological polar surface area (TPSA) is 57.6 Å². The Morgan fingerprint density at radius 3 is 2.45 bits per heavy atom. The molecule has 1 fully saturated rings. The van der Waals surface area contributed by atoms with Gasteiger partial charge in [0.1, 0.15) is 0 Å². The molecule has 0 aromatic heterocycles. The van der Waals surface area contributed by atoms with Crippen molar-refractivity contribution in [3.63, 3.8) is 0 Å². The summed E-state index contributed by atoms with van der Waals surface area (Å²) in [5.74, 6) is 0.0846. The van der Waals surface area contributed by atoms with Gasteiger partial charge in [-0.25, -0.2) is 8.42 Å². The van der Waals surface area contributed by atoms with Gasteiger partial charge in [-0.1, -0.05) is 6.07 Å². The summed E-state index contributed by atoms with van der Waals surface area (Å²) in [4.78, 5) is -0.420. The molecule has 2 rings (SSSR count). The van der Waals surface area contributed by atoms with Crippen LogP contribution in [0, 0.1) is 12.8 Å². The molecular formula is C14H18F3NO3S. The maximum atomic E-state index is 12.9. The van der Waals surface area contributed by atoms with E-state index in [4.69, 9.17) is 0 Å². The van der Waals surface area contributed by atoms with Gasteiger partial charge in [0.25, 0.3) is 0 Å². The summed E-state index contributed by atoms with van der Waals surface area (Å²) in [7, 11) is -2.81. The minimum Gasteiger partial charge on any atom is -0.391 e. The summed E-state index contributed by atoms with van der Waals surface area (Å²) in [6, 6.07) is 2.94. The number of alkyl halides is 3. The molecule has 1 aliphatic rings. The Morgan fingerprint density at radius 2 is 1.95 bits per heavy atom. The lowest BCUT2D eigenvalue weighted by atomic mass is 10.1. The van der Waals surface area contributed by atoms with Crippen LogP contribution >= 0.6 is 0 Å². The number of hydrogen-bond donors (Lipinski definition) is 1. The standard InChI is InChI=1S/C14H18F3NO3S/c1-9-3-6-11(7-12(9)14(15,16)17)22(20,21)18(2)8-13(19)10-4-5-10/h3,6-7,10,13,19H,4-5,8H2,1-2H3. The van der Waals surface area contributed by atoms with Gasteiger partial charge in [0.15, 0.2) is 0 Å². The second-order valence-corrected chi connectivity index (χ2v) is 7.71. The molecule has 124 valence electrons. The summed E-state index contributed by atoms with van der Waals surface area (Å²) in [5.41, 5.74) is -1.00. The molecule has 1 atom stereocenters. The fraction of sp³-hybridized carbons (Fsp3) is 0.571. The minimum atomic E-state index is -4.61. The van der Waals surface area contributed by atoms with E-state index in [-0.39, 0.29) is 18.0 Å². The quantitative estimate of drug-likeness (QED) is 0.898. The maximum absolute atomic E-state index is 12.9. The molecule has 0 spiro atoms. The summed E-state index contributed by atoms with van der Waals surface area (Å²) in [6.45, 7) is 1.15. The van der Waals surface area contributed by atoms with Gasteiger partial charge in [0.2, 0.25) is 10.0 Å². The fourth-order valence-corrected chi connectivity index (χ4v) is 3.45. The normalized spacial score (nSPS) is 17.8. The van der Waals surface area contributed by atoms with Gasteiger partial charge in [-0.3, -0.25) is 0 Å². The summed E-state index contributed by atoms with van der Waals surface area (Å²) >= 11 is 0. The van der Waals surface area contributed by atoms with Crippen molar-refractivity contribution in [2.24, 2.45) is 5.92 Å². The molecule has 8 heteroatoms. The highest BCUT2D eigenvalue weighted by Gasteiger charge is 2.36. The molecule has 0 aliphatic heterocycles. The van der Waals surface area contributed by atoms with E-state index in [1.165, 1.54) is 14.0 Å². The molecule has 1 N–H and O–H groups in total. The lowest BCUT2D eigenvalue weighted by Crippen LogP contribution is -2.35. The van der Waals surface area contributed by atoms with Crippen molar-refractivity contribution in [3.8, 4) is 0 Å². The number of halogens is 3. The second-order valence-electron chi connectivity index (χ2n) is 5.66. The van der Waals surface area contributed by atoms with Crippen LogP contribution < -0.4 is 0 Å². The van der Waals surface area contributed by atoms with Crippen molar-refractivity contribution < 1.29 is 26.7 Å². The zero-order valence-electron chi connectivity index (χ0n) is 12.3. The molecule has 0 heterocycles. The van der Waals surface area contributed by atoms with E-state index in [1.54, 1.807) is 0 Å². The molecule has 22 heavy (non-hydrogen) atoms. The number of hydrogen-bond acceptors (Lipinski definition) is 3. The highest BCUT2D eigenvalue weighted by molar-refractivity contribution is 7.89. The Balaban J connectivity index is 2.28. The van der Waals surface area contributed by atoms with E-state index in [2.05, 4.69) is 0 Å². The monoisotopic (exact) mass is 337 g/mol. The van der Waals surface area contributed by atoms with Crippen LogP contribution in [0.5, 0.6) is 0 Å². The van der Waals surface area contributed by atoms with Crippen molar-refractivity contribution in [3.05, 3.63) is 29.3 Å². The average Bonchev–Trinajstić information content (AvgIpc) is 3.21. The van der Waals surface area contributed by atoms with Gasteiger partial charge in [0.05, 0.1) is 16.6 Å². The van der Waals surface area contributed by atoms with Crippen molar-refractivity contribution in [2.75, 3.05) is 13.6 Å². The number of rotatable bonds is 5. The highest BCUT2D eigenvalue weighted by atomic mass is 32.2. The fourth-order valence-electron chi connectivity index (χ4n) is 2.24. The van der Waals surface area contributed by atoms with Gasteiger partial charge in [-0.2, -0.15) is 17.5 Å². The Labute approximate surface area is 127 Å². The first-order valence-electron chi connectivity index (χ1n) is 6.85. The van der Waals surface area contributed by atoms with Crippen LogP contribution in [0.2, 0.25) is 0 Å². The zero-order valence-corrected chi connectivity index (χ0v) is 13.1. The SMILES string of the molecule is Cc1ccc(S(=O)(=O)N(C)CC(O)C2CC2)cc1C(F)(F)F. The van der Waals surface area contributed by atoms with E-state index >= 15 is 0 Å². The molecule has 4 nitrogen and oxygen atoms in total. The highest BCUT2D eigenvalue weighted by Crippen LogP contribution is 2.35. The minimum absolute atomic E-state index is 0.0351. The van der Waals surface area contributed by atoms with E-state index in [0.29, 0.717) is 6.07 Å². The molecule has 1 aromatic carbocycles. The number of sulfonamides is 1. The van der Waals surface area contributed by atoms with Crippen LogP contribution in [0.1, 0.15) is 24.0 Å². The van der Waals surface area contributed by atoms with Crippen LogP contribution in [0.25, 0.3) is 0 Å². The second kappa shape index (κ2) is 5.82. The van der Waals surface area contributed by atoms with E-state index in [9.17, 15) is 26.7 Å². The van der Waals surface area contributed by atoms with Crippen molar-refractivity contribution >= 4 is 10.0 Å². The first-order chi connectivity index (χ1) is 10.0. The lowest BCUT2D eigenvalue weighted by molar-refractivity contribution is -0.138. The molecule has 1 aliphatic carbocycles. The molecule has 0 bridgehead atoms. The van der Waals surface area contributed by atoms with Crippen LogP contribution in [0.15, 0.2) is 23.1 Å². The Hall–Kier alpha value is -1.12. The molecule has 1 unspecified atom stereocenters. The van der Waals surface area contributed by atoms with Crippen LogP contribution in [0.4, 0.5) is 13.2 Å². The van der Waals surface area contributed by atoms with Gasteiger partial charge < -0.3 is 5.11 Å². The summed E-state index contributed by atoms with van der Waals surface area (Å²) < 4.78 is 64.3. The molecular weight excluding hydrogens is 319 g/mol. The Morgan fingerprint density at radius 1 is 1.36 bits per heavy atom. The number of nitrogens with zero attached hydrogens (tertiary/aromatic N) is 1. The number of benzene rings is 1. The maximum Gasteiger partial charge on any atom is 0.416 e. The zero-order chi connectivity index (χ0) is 16.7. The van der Waals surface area contributed by atoms with E-state index < -0.39 is 32.8 Å². The molecule has 0 saturated heterocycles. The van der Waals surface area contributed by atoms with Gasteiger partial charge >= 0.3 is 6.18 Å².